The van der Waals surface area contributed by atoms with Crippen LogP contribution in [0.15, 0.2) is 36.4 Å². The Hall–Kier alpha value is -2.42. The molecule has 2 aromatic carbocycles. The number of carbonyl (C=O) groups excluding carboxylic acids is 1. The number of aliphatic hydroxyl groups is 1. The van der Waals surface area contributed by atoms with Crippen molar-refractivity contribution in [2.45, 2.75) is 182 Å². The molecule has 0 saturated carbocycles. The van der Waals surface area contributed by atoms with E-state index in [1.54, 1.807) is 18.2 Å². The van der Waals surface area contributed by atoms with E-state index in [0.29, 0.717) is 54.8 Å². The van der Waals surface area contributed by atoms with E-state index < -0.39 is 0 Å². The standard InChI is InChI=1S/C47H75IO6/c1-5-9-13-17-21-25-31-51-44-30-29-39(35-41(44)48)42(49)38-43(50)40-36-45(52-32-26-22-18-14-10-6-2)47(54-34-28-24-20-16-12-8-4)46(37-40)53-33-27-23-19-15-11-7-3/h29-30,35-38,50H,5-28,31-34H2,1-4H3/b43-38-. The van der Waals surface area contributed by atoms with Gasteiger partial charge in [0.25, 0.3) is 0 Å². The average Bonchev–Trinajstić information content (AvgIpc) is 3.17. The minimum atomic E-state index is -0.277. The molecule has 0 saturated heterocycles. The molecule has 2 aromatic rings. The molecule has 0 unspecified atom stereocenters. The van der Waals surface area contributed by atoms with Crippen LogP contribution in [0.3, 0.4) is 0 Å². The first kappa shape index (κ1) is 47.7. The maximum atomic E-state index is 13.5. The van der Waals surface area contributed by atoms with Crippen LogP contribution in [0.2, 0.25) is 0 Å². The van der Waals surface area contributed by atoms with Crippen LogP contribution in [0.5, 0.6) is 23.0 Å². The van der Waals surface area contributed by atoms with Gasteiger partial charge in [-0.05, 0) is 78.6 Å². The van der Waals surface area contributed by atoms with Gasteiger partial charge in [0.15, 0.2) is 17.3 Å². The SMILES string of the molecule is CCCCCCCCOc1ccc(C(=O)/C=C(\O)c2cc(OCCCCCCCC)c(OCCCCCCCC)c(OCCCCCCCC)c2)cc1I. The summed E-state index contributed by atoms with van der Waals surface area (Å²) in [4.78, 5) is 13.5. The van der Waals surface area contributed by atoms with Gasteiger partial charge in [-0.25, -0.2) is 0 Å². The van der Waals surface area contributed by atoms with Crippen molar-refractivity contribution < 1.29 is 28.8 Å². The van der Waals surface area contributed by atoms with E-state index >= 15 is 0 Å². The summed E-state index contributed by atoms with van der Waals surface area (Å²) in [5.41, 5.74) is 0.968. The van der Waals surface area contributed by atoms with E-state index in [1.165, 1.54) is 115 Å². The number of aliphatic hydroxyl groups excluding tert-OH is 1. The summed E-state index contributed by atoms with van der Waals surface area (Å²) in [5, 5.41) is 11.4. The molecule has 0 atom stereocenters. The molecule has 6 nitrogen and oxygen atoms in total. The molecular formula is C47H75IO6. The fourth-order valence-electron chi connectivity index (χ4n) is 6.39. The van der Waals surface area contributed by atoms with Gasteiger partial charge in [-0.3, -0.25) is 4.79 Å². The summed E-state index contributed by atoms with van der Waals surface area (Å²) < 4.78 is 26.1. The van der Waals surface area contributed by atoms with E-state index in [-0.39, 0.29) is 11.5 Å². The quantitative estimate of drug-likeness (QED) is 0.0245. The second kappa shape index (κ2) is 31.7. The Morgan fingerprint density at radius 2 is 0.870 bits per heavy atom. The number of ketones is 1. The van der Waals surface area contributed by atoms with Crippen molar-refractivity contribution in [1.29, 1.82) is 0 Å². The molecule has 0 spiro atoms. The van der Waals surface area contributed by atoms with E-state index in [4.69, 9.17) is 18.9 Å². The van der Waals surface area contributed by atoms with Gasteiger partial charge < -0.3 is 24.1 Å². The molecule has 0 radical (unpaired) electrons. The molecular weight excluding hydrogens is 787 g/mol. The third-order valence-corrected chi connectivity index (χ3v) is 10.7. The van der Waals surface area contributed by atoms with Crippen molar-refractivity contribution in [2.75, 3.05) is 26.4 Å². The van der Waals surface area contributed by atoms with Gasteiger partial charge in [-0.15, -0.1) is 0 Å². The predicted octanol–water partition coefficient (Wildman–Crippen LogP) is 15.0. The summed E-state index contributed by atoms with van der Waals surface area (Å²) in [5.74, 6) is 2.08. The van der Waals surface area contributed by atoms with Crippen LogP contribution >= 0.6 is 22.6 Å². The lowest BCUT2D eigenvalue weighted by Gasteiger charge is -2.19. The zero-order chi connectivity index (χ0) is 39.1. The topological polar surface area (TPSA) is 74.2 Å². The molecule has 306 valence electrons. The molecule has 1 N–H and O–H groups in total. The molecule has 54 heavy (non-hydrogen) atoms. The monoisotopic (exact) mass is 862 g/mol. The first-order valence-corrected chi connectivity index (χ1v) is 23.0. The van der Waals surface area contributed by atoms with Crippen molar-refractivity contribution in [3.05, 3.63) is 51.1 Å². The van der Waals surface area contributed by atoms with Gasteiger partial charge in [0.05, 0.1) is 30.0 Å². The van der Waals surface area contributed by atoms with Crippen molar-refractivity contribution in [1.82, 2.24) is 0 Å². The average molecular weight is 863 g/mol. The van der Waals surface area contributed by atoms with Gasteiger partial charge in [-0.1, -0.05) is 156 Å². The van der Waals surface area contributed by atoms with E-state index in [9.17, 15) is 9.90 Å². The second-order valence-corrected chi connectivity index (χ2v) is 16.0. The maximum Gasteiger partial charge on any atom is 0.203 e. The summed E-state index contributed by atoms with van der Waals surface area (Å²) >= 11 is 2.22. The lowest BCUT2D eigenvalue weighted by atomic mass is 10.1. The summed E-state index contributed by atoms with van der Waals surface area (Å²) in [6, 6.07) is 9.05. The third-order valence-electron chi connectivity index (χ3n) is 9.81. The minimum absolute atomic E-state index is 0.130. The fourth-order valence-corrected chi connectivity index (χ4v) is 7.06. The first-order chi connectivity index (χ1) is 26.4. The molecule has 0 aliphatic heterocycles. The van der Waals surface area contributed by atoms with Crippen molar-refractivity contribution in [3.63, 3.8) is 0 Å². The van der Waals surface area contributed by atoms with E-state index in [0.717, 1.165) is 54.3 Å². The summed E-state index contributed by atoms with van der Waals surface area (Å²) in [7, 11) is 0. The number of unbranched alkanes of at least 4 members (excludes halogenated alkanes) is 20. The van der Waals surface area contributed by atoms with Crippen LogP contribution in [0.1, 0.15) is 198 Å². The Labute approximate surface area is 343 Å². The van der Waals surface area contributed by atoms with E-state index in [1.807, 2.05) is 12.1 Å². The van der Waals surface area contributed by atoms with Crippen molar-refractivity contribution in [2.24, 2.45) is 0 Å². The number of carbonyl (C=O) groups is 1. The van der Waals surface area contributed by atoms with Gasteiger partial charge >= 0.3 is 0 Å². The Balaban J connectivity index is 2.26. The molecule has 7 heteroatoms. The number of rotatable bonds is 35. The van der Waals surface area contributed by atoms with Crippen LogP contribution < -0.4 is 18.9 Å². The van der Waals surface area contributed by atoms with Gasteiger partial charge in [0.1, 0.15) is 11.5 Å². The molecule has 0 fully saturated rings. The molecule has 0 aromatic heterocycles. The first-order valence-electron chi connectivity index (χ1n) is 21.9. The zero-order valence-corrected chi connectivity index (χ0v) is 36.8. The van der Waals surface area contributed by atoms with Crippen LogP contribution in [-0.4, -0.2) is 37.3 Å². The smallest absolute Gasteiger partial charge is 0.203 e. The molecule has 0 heterocycles. The summed E-state index contributed by atoms with van der Waals surface area (Å²) in [6.45, 7) is 11.3. The molecule has 0 bridgehead atoms. The van der Waals surface area contributed by atoms with Crippen LogP contribution in [-0.2, 0) is 0 Å². The molecule has 0 aliphatic carbocycles. The van der Waals surface area contributed by atoms with Gasteiger partial charge in [0, 0.05) is 17.2 Å². The highest BCUT2D eigenvalue weighted by molar-refractivity contribution is 14.1. The highest BCUT2D eigenvalue weighted by atomic mass is 127. The Bertz CT molecular complexity index is 1250. The minimum Gasteiger partial charge on any atom is -0.507 e. The second-order valence-electron chi connectivity index (χ2n) is 14.8. The fraction of sp³-hybridized carbons (Fsp3) is 0.681. The number of ether oxygens (including phenoxy) is 4. The Morgan fingerprint density at radius 3 is 1.28 bits per heavy atom. The van der Waals surface area contributed by atoms with E-state index in [2.05, 4.69) is 50.3 Å². The van der Waals surface area contributed by atoms with Crippen LogP contribution in [0, 0.1) is 3.57 Å². The number of allylic oxidation sites excluding steroid dienone is 1. The zero-order valence-electron chi connectivity index (χ0n) is 34.6. The maximum absolute atomic E-state index is 13.5. The lowest BCUT2D eigenvalue weighted by Crippen LogP contribution is -2.07. The number of benzene rings is 2. The highest BCUT2D eigenvalue weighted by Crippen LogP contribution is 2.41. The Morgan fingerprint density at radius 1 is 0.500 bits per heavy atom. The number of hydrogen-bond acceptors (Lipinski definition) is 6. The van der Waals surface area contributed by atoms with Crippen molar-refractivity contribution >= 4 is 34.1 Å². The molecule has 2 rings (SSSR count). The Kier molecular flexibility index (Phi) is 28.1. The van der Waals surface area contributed by atoms with Crippen molar-refractivity contribution in [3.8, 4) is 23.0 Å². The molecule has 0 amide bonds. The van der Waals surface area contributed by atoms with Crippen LogP contribution in [0.4, 0.5) is 0 Å². The largest absolute Gasteiger partial charge is 0.507 e. The third kappa shape index (κ3) is 21.0. The van der Waals surface area contributed by atoms with Gasteiger partial charge in [-0.2, -0.15) is 0 Å². The highest BCUT2D eigenvalue weighted by Gasteiger charge is 2.19. The van der Waals surface area contributed by atoms with Crippen LogP contribution in [0.25, 0.3) is 5.76 Å². The predicted molar refractivity (Wildman–Crippen MR) is 236 cm³/mol. The number of hydrogen-bond donors (Lipinski definition) is 1. The van der Waals surface area contributed by atoms with Gasteiger partial charge in [0.2, 0.25) is 5.75 Å². The summed E-state index contributed by atoms with van der Waals surface area (Å²) in [6.07, 6.45) is 29.5. The number of halogens is 1. The lowest BCUT2D eigenvalue weighted by molar-refractivity contribution is 0.104. The normalized spacial score (nSPS) is 11.5. The molecule has 0 aliphatic rings.